The molecular weight excluding hydrogens is 317 g/mol. The lowest BCUT2D eigenvalue weighted by Crippen LogP contribution is -2.37. The molecule has 5 nitrogen and oxygen atoms in total. The highest BCUT2D eigenvalue weighted by Crippen LogP contribution is 2.27. The molecule has 1 amide bonds. The number of aromatic nitrogens is 1. The highest BCUT2D eigenvalue weighted by atomic mass is 32.1. The number of carbonyl (C=O) groups is 1. The van der Waals surface area contributed by atoms with Crippen LogP contribution in [0.2, 0.25) is 0 Å². The molecule has 122 valence electrons. The average molecular weight is 335 g/mol. The first kappa shape index (κ1) is 15.7. The lowest BCUT2D eigenvalue weighted by atomic mass is 9.99. The maximum atomic E-state index is 13.6. The van der Waals surface area contributed by atoms with Gasteiger partial charge in [0.15, 0.2) is 16.7 Å². The SMILES string of the molecule is NC(=O)c1csc(N2CCC[C@@H](COc3ccccc3F)C2)n1. The minimum absolute atomic E-state index is 0.287. The zero-order chi connectivity index (χ0) is 16.2. The number of piperidine rings is 1. The fourth-order valence-corrected chi connectivity index (χ4v) is 3.52. The van der Waals surface area contributed by atoms with Crippen LogP contribution in [0.3, 0.4) is 0 Å². The van der Waals surface area contributed by atoms with E-state index in [4.69, 9.17) is 10.5 Å². The minimum atomic E-state index is -0.510. The van der Waals surface area contributed by atoms with E-state index in [9.17, 15) is 9.18 Å². The molecular formula is C16H18FN3O2S. The Hall–Kier alpha value is -2.15. The van der Waals surface area contributed by atoms with E-state index in [2.05, 4.69) is 9.88 Å². The summed E-state index contributed by atoms with van der Waals surface area (Å²) in [4.78, 5) is 17.5. The summed E-state index contributed by atoms with van der Waals surface area (Å²) in [5.74, 6) is -0.269. The molecule has 1 fully saturated rings. The first-order valence-electron chi connectivity index (χ1n) is 7.51. The second-order valence-corrected chi connectivity index (χ2v) is 6.41. The Morgan fingerprint density at radius 2 is 2.30 bits per heavy atom. The largest absolute Gasteiger partial charge is 0.490 e. The van der Waals surface area contributed by atoms with Crippen LogP contribution in [0.15, 0.2) is 29.6 Å². The van der Waals surface area contributed by atoms with Crippen molar-refractivity contribution >= 4 is 22.4 Å². The number of amides is 1. The summed E-state index contributed by atoms with van der Waals surface area (Å²) in [5, 5.41) is 2.48. The first-order valence-corrected chi connectivity index (χ1v) is 8.39. The van der Waals surface area contributed by atoms with Crippen molar-refractivity contribution in [2.75, 3.05) is 24.6 Å². The summed E-state index contributed by atoms with van der Waals surface area (Å²) >= 11 is 1.42. The van der Waals surface area contributed by atoms with Crippen LogP contribution >= 0.6 is 11.3 Å². The fraction of sp³-hybridized carbons (Fsp3) is 0.375. The molecule has 0 saturated carbocycles. The number of hydrogen-bond donors (Lipinski definition) is 1. The highest BCUT2D eigenvalue weighted by Gasteiger charge is 2.23. The van der Waals surface area contributed by atoms with Gasteiger partial charge in [0.05, 0.1) is 6.61 Å². The van der Waals surface area contributed by atoms with Crippen molar-refractivity contribution in [1.82, 2.24) is 4.98 Å². The van der Waals surface area contributed by atoms with Gasteiger partial charge in [-0.05, 0) is 25.0 Å². The molecule has 0 bridgehead atoms. The Bertz CT molecular complexity index is 691. The molecule has 2 heterocycles. The number of halogens is 1. The quantitative estimate of drug-likeness (QED) is 0.912. The van der Waals surface area contributed by atoms with Crippen LogP contribution in [0.25, 0.3) is 0 Å². The van der Waals surface area contributed by atoms with Gasteiger partial charge in [-0.25, -0.2) is 9.37 Å². The second kappa shape index (κ2) is 6.95. The number of carbonyl (C=O) groups excluding carboxylic acids is 1. The van der Waals surface area contributed by atoms with Crippen molar-refractivity contribution in [3.8, 4) is 5.75 Å². The van der Waals surface area contributed by atoms with Crippen molar-refractivity contribution in [2.24, 2.45) is 11.7 Å². The van der Waals surface area contributed by atoms with Gasteiger partial charge in [-0.2, -0.15) is 0 Å². The standard InChI is InChI=1S/C16H18FN3O2S/c17-12-5-1-2-6-14(12)22-9-11-4-3-7-20(8-11)16-19-13(10-23-16)15(18)21/h1-2,5-6,10-11H,3-4,7-9H2,(H2,18,21)/t11-/m1/s1. The summed E-state index contributed by atoms with van der Waals surface area (Å²) in [6, 6.07) is 6.43. The normalized spacial score (nSPS) is 18.0. The van der Waals surface area contributed by atoms with Crippen molar-refractivity contribution in [2.45, 2.75) is 12.8 Å². The Kier molecular flexibility index (Phi) is 4.76. The van der Waals surface area contributed by atoms with Crippen molar-refractivity contribution < 1.29 is 13.9 Å². The first-order chi connectivity index (χ1) is 11.1. The molecule has 1 aromatic heterocycles. The molecule has 0 radical (unpaired) electrons. The van der Waals surface area contributed by atoms with E-state index in [1.54, 1.807) is 23.6 Å². The predicted molar refractivity (Wildman–Crippen MR) is 87.5 cm³/mol. The molecule has 23 heavy (non-hydrogen) atoms. The third kappa shape index (κ3) is 3.79. The third-order valence-electron chi connectivity index (χ3n) is 3.85. The van der Waals surface area contributed by atoms with Gasteiger partial charge in [0.2, 0.25) is 0 Å². The van der Waals surface area contributed by atoms with Crippen LogP contribution in [0.4, 0.5) is 9.52 Å². The van der Waals surface area contributed by atoms with Crippen LogP contribution in [-0.4, -0.2) is 30.6 Å². The summed E-state index contributed by atoms with van der Waals surface area (Å²) in [5.41, 5.74) is 5.54. The van der Waals surface area contributed by atoms with E-state index >= 15 is 0 Å². The molecule has 1 aromatic carbocycles. The molecule has 0 aliphatic carbocycles. The zero-order valence-electron chi connectivity index (χ0n) is 12.6. The van der Waals surface area contributed by atoms with Gasteiger partial charge in [0.1, 0.15) is 5.69 Å². The zero-order valence-corrected chi connectivity index (χ0v) is 13.4. The molecule has 2 aromatic rings. The number of nitrogens with two attached hydrogens (primary N) is 1. The minimum Gasteiger partial charge on any atom is -0.490 e. The highest BCUT2D eigenvalue weighted by molar-refractivity contribution is 7.13. The van der Waals surface area contributed by atoms with E-state index in [1.165, 1.54) is 17.4 Å². The fourth-order valence-electron chi connectivity index (χ4n) is 2.67. The molecule has 1 aliphatic heterocycles. The van der Waals surface area contributed by atoms with Crippen LogP contribution in [-0.2, 0) is 0 Å². The average Bonchev–Trinajstić information content (AvgIpc) is 3.05. The molecule has 0 spiro atoms. The summed E-state index contributed by atoms with van der Waals surface area (Å²) in [6.07, 6.45) is 2.04. The van der Waals surface area contributed by atoms with E-state index < -0.39 is 5.91 Å². The number of para-hydroxylation sites is 1. The van der Waals surface area contributed by atoms with Crippen LogP contribution in [0.1, 0.15) is 23.3 Å². The Labute approximate surface area is 137 Å². The van der Waals surface area contributed by atoms with Crippen molar-refractivity contribution in [3.63, 3.8) is 0 Å². The number of thiazole rings is 1. The molecule has 7 heteroatoms. The van der Waals surface area contributed by atoms with E-state index in [0.717, 1.165) is 31.1 Å². The second-order valence-electron chi connectivity index (χ2n) is 5.58. The smallest absolute Gasteiger partial charge is 0.268 e. The Balaban J connectivity index is 1.59. The van der Waals surface area contributed by atoms with E-state index in [1.807, 2.05) is 0 Å². The van der Waals surface area contributed by atoms with Gasteiger partial charge in [-0.15, -0.1) is 11.3 Å². The predicted octanol–water partition coefficient (Wildman–Crippen LogP) is 2.68. The number of nitrogens with zero attached hydrogens (tertiary/aromatic N) is 2. The van der Waals surface area contributed by atoms with Crippen LogP contribution < -0.4 is 15.4 Å². The topological polar surface area (TPSA) is 68.5 Å². The van der Waals surface area contributed by atoms with Gasteiger partial charge < -0.3 is 15.4 Å². The van der Waals surface area contributed by atoms with Crippen molar-refractivity contribution in [1.29, 1.82) is 0 Å². The summed E-state index contributed by atoms with van der Waals surface area (Å²) in [7, 11) is 0. The summed E-state index contributed by atoms with van der Waals surface area (Å²) < 4.78 is 19.2. The molecule has 2 N–H and O–H groups in total. The Morgan fingerprint density at radius 3 is 3.04 bits per heavy atom. The number of anilines is 1. The number of hydrogen-bond acceptors (Lipinski definition) is 5. The van der Waals surface area contributed by atoms with Crippen molar-refractivity contribution in [3.05, 3.63) is 41.2 Å². The number of benzene rings is 1. The van der Waals surface area contributed by atoms with Gasteiger partial charge in [0, 0.05) is 24.4 Å². The monoisotopic (exact) mass is 335 g/mol. The van der Waals surface area contributed by atoms with Gasteiger partial charge in [-0.1, -0.05) is 12.1 Å². The lowest BCUT2D eigenvalue weighted by Gasteiger charge is -2.32. The molecule has 1 saturated heterocycles. The van der Waals surface area contributed by atoms with Gasteiger partial charge in [0.25, 0.3) is 5.91 Å². The molecule has 0 unspecified atom stereocenters. The molecule has 3 rings (SSSR count). The maximum absolute atomic E-state index is 13.6. The van der Waals surface area contributed by atoms with Crippen LogP contribution in [0.5, 0.6) is 5.75 Å². The van der Waals surface area contributed by atoms with E-state index in [0.29, 0.717) is 18.2 Å². The Morgan fingerprint density at radius 1 is 1.48 bits per heavy atom. The van der Waals surface area contributed by atoms with E-state index in [-0.39, 0.29) is 11.6 Å². The lowest BCUT2D eigenvalue weighted by molar-refractivity contribution is 0.0996. The maximum Gasteiger partial charge on any atom is 0.268 e. The van der Waals surface area contributed by atoms with Crippen LogP contribution in [0, 0.1) is 11.7 Å². The number of ether oxygens (including phenoxy) is 1. The number of rotatable bonds is 5. The summed E-state index contributed by atoms with van der Waals surface area (Å²) in [6.45, 7) is 2.13. The number of primary amides is 1. The van der Waals surface area contributed by atoms with Gasteiger partial charge in [-0.3, -0.25) is 4.79 Å². The molecule has 1 atom stereocenters. The van der Waals surface area contributed by atoms with Gasteiger partial charge >= 0.3 is 0 Å². The third-order valence-corrected chi connectivity index (χ3v) is 4.75. The molecule has 1 aliphatic rings.